The van der Waals surface area contributed by atoms with Crippen molar-refractivity contribution in [2.75, 3.05) is 46.3 Å². The van der Waals surface area contributed by atoms with Crippen LogP contribution in [-0.4, -0.2) is 78.1 Å². The molecule has 1 aromatic rings. The van der Waals surface area contributed by atoms with E-state index in [1.165, 1.54) is 19.3 Å². The van der Waals surface area contributed by atoms with Crippen LogP contribution in [0.3, 0.4) is 0 Å². The number of hydrogen-bond acceptors (Lipinski definition) is 4. The Bertz CT molecular complexity index is 538. The van der Waals surface area contributed by atoms with Crippen LogP contribution in [-0.2, 0) is 6.54 Å². The van der Waals surface area contributed by atoms with E-state index in [4.69, 9.17) is 0 Å². The molecule has 26 heavy (non-hydrogen) atoms. The fourth-order valence-corrected chi connectivity index (χ4v) is 3.94. The van der Waals surface area contributed by atoms with Crippen LogP contribution in [0.1, 0.15) is 37.7 Å². The Hall–Kier alpha value is -1.66. The van der Waals surface area contributed by atoms with Crippen LogP contribution in [0, 0.1) is 0 Å². The van der Waals surface area contributed by atoms with Crippen LogP contribution in [0.15, 0.2) is 24.5 Å². The molecule has 0 radical (unpaired) electrons. The van der Waals surface area contributed by atoms with Gasteiger partial charge in [0, 0.05) is 64.2 Å². The van der Waals surface area contributed by atoms with Crippen LogP contribution in [0.4, 0.5) is 4.79 Å². The van der Waals surface area contributed by atoms with Crippen molar-refractivity contribution < 1.29 is 4.79 Å². The predicted molar refractivity (Wildman–Crippen MR) is 104 cm³/mol. The second kappa shape index (κ2) is 9.88. The van der Waals surface area contributed by atoms with E-state index < -0.39 is 0 Å². The van der Waals surface area contributed by atoms with Crippen LogP contribution < -0.4 is 5.32 Å². The summed E-state index contributed by atoms with van der Waals surface area (Å²) in [5.41, 5.74) is 1.15. The Labute approximate surface area is 157 Å². The third-order valence-corrected chi connectivity index (χ3v) is 5.68. The monoisotopic (exact) mass is 359 g/mol. The van der Waals surface area contributed by atoms with E-state index in [1.54, 1.807) is 12.4 Å². The minimum Gasteiger partial charge on any atom is -0.337 e. The lowest BCUT2D eigenvalue weighted by Gasteiger charge is -2.35. The number of nitrogens with zero attached hydrogens (tertiary/aromatic N) is 4. The summed E-state index contributed by atoms with van der Waals surface area (Å²) in [5, 5.41) is 3.17. The Morgan fingerprint density at radius 3 is 2.54 bits per heavy atom. The zero-order valence-corrected chi connectivity index (χ0v) is 16.1. The number of carbonyl (C=O) groups is 1. The molecule has 2 amide bonds. The van der Waals surface area contributed by atoms with Gasteiger partial charge in [-0.2, -0.15) is 0 Å². The highest BCUT2D eigenvalue weighted by molar-refractivity contribution is 5.74. The van der Waals surface area contributed by atoms with Gasteiger partial charge in [0.05, 0.1) is 0 Å². The first-order valence-electron chi connectivity index (χ1n) is 10.1. The van der Waals surface area contributed by atoms with Gasteiger partial charge in [-0.25, -0.2) is 4.79 Å². The van der Waals surface area contributed by atoms with E-state index in [9.17, 15) is 4.79 Å². The number of amides is 2. The van der Waals surface area contributed by atoms with E-state index in [-0.39, 0.29) is 6.03 Å². The number of carbonyl (C=O) groups excluding carboxylic acids is 1. The third-order valence-electron chi connectivity index (χ3n) is 5.68. The van der Waals surface area contributed by atoms with E-state index in [0.29, 0.717) is 12.6 Å². The molecule has 1 aliphatic heterocycles. The molecule has 2 aliphatic rings. The average molecular weight is 360 g/mol. The van der Waals surface area contributed by atoms with Crippen molar-refractivity contribution in [3.63, 3.8) is 0 Å². The lowest BCUT2D eigenvalue weighted by Crippen LogP contribution is -2.50. The summed E-state index contributed by atoms with van der Waals surface area (Å²) < 4.78 is 0. The highest BCUT2D eigenvalue weighted by Gasteiger charge is 2.25. The smallest absolute Gasteiger partial charge is 0.317 e. The normalized spacial score (nSPS) is 20.0. The minimum atomic E-state index is 0.0860. The molecular weight excluding hydrogens is 326 g/mol. The molecule has 3 rings (SSSR count). The number of hydrogen-bond donors (Lipinski definition) is 1. The van der Waals surface area contributed by atoms with Crippen LogP contribution in [0.25, 0.3) is 0 Å². The first-order chi connectivity index (χ1) is 12.7. The van der Waals surface area contributed by atoms with E-state index in [1.807, 2.05) is 12.1 Å². The maximum atomic E-state index is 12.9. The fourth-order valence-electron chi connectivity index (χ4n) is 3.94. The summed E-state index contributed by atoms with van der Waals surface area (Å²) in [6.45, 7) is 6.75. The topological polar surface area (TPSA) is 51.7 Å². The van der Waals surface area contributed by atoms with Gasteiger partial charge in [0.25, 0.3) is 0 Å². The molecule has 2 fully saturated rings. The average Bonchev–Trinajstić information content (AvgIpc) is 2.69. The Morgan fingerprint density at radius 1 is 1.15 bits per heavy atom. The number of piperazine rings is 1. The van der Waals surface area contributed by atoms with Gasteiger partial charge in [0.15, 0.2) is 0 Å². The molecule has 0 atom stereocenters. The Balaban J connectivity index is 1.52. The largest absolute Gasteiger partial charge is 0.337 e. The summed E-state index contributed by atoms with van der Waals surface area (Å²) >= 11 is 0. The van der Waals surface area contributed by atoms with Crippen molar-refractivity contribution in [2.24, 2.45) is 0 Å². The number of pyridine rings is 1. The molecule has 0 aromatic carbocycles. The van der Waals surface area contributed by atoms with Gasteiger partial charge in [-0.1, -0.05) is 19.3 Å². The Kier molecular flexibility index (Phi) is 7.26. The molecule has 0 spiro atoms. The van der Waals surface area contributed by atoms with Crippen LogP contribution >= 0.6 is 0 Å². The van der Waals surface area contributed by atoms with Crippen molar-refractivity contribution in [3.8, 4) is 0 Å². The first-order valence-corrected chi connectivity index (χ1v) is 10.1. The maximum Gasteiger partial charge on any atom is 0.317 e. The molecule has 1 aliphatic carbocycles. The summed E-state index contributed by atoms with van der Waals surface area (Å²) in [5.74, 6) is 0. The zero-order chi connectivity index (χ0) is 18.2. The van der Waals surface area contributed by atoms with E-state index in [0.717, 1.165) is 57.7 Å². The number of likely N-dealkylation sites (N-methyl/N-ethyl adjacent to an activating group) is 1. The van der Waals surface area contributed by atoms with Crippen molar-refractivity contribution in [2.45, 2.75) is 44.7 Å². The van der Waals surface area contributed by atoms with Crippen molar-refractivity contribution in [3.05, 3.63) is 30.1 Å². The van der Waals surface area contributed by atoms with Gasteiger partial charge in [-0.15, -0.1) is 0 Å². The van der Waals surface area contributed by atoms with E-state index >= 15 is 0 Å². The summed E-state index contributed by atoms with van der Waals surface area (Å²) in [7, 11) is 2.17. The highest BCUT2D eigenvalue weighted by atomic mass is 16.2. The highest BCUT2D eigenvalue weighted by Crippen LogP contribution is 2.24. The van der Waals surface area contributed by atoms with Gasteiger partial charge in [-0.3, -0.25) is 9.88 Å². The molecule has 6 nitrogen and oxygen atoms in total. The molecule has 0 unspecified atom stereocenters. The maximum absolute atomic E-state index is 12.9. The SMILES string of the molecule is CN1CCN(CCNC(=O)N(Cc2ccncc2)C2CCCCC2)CC1. The first kappa shape index (κ1) is 19.1. The van der Waals surface area contributed by atoms with Crippen molar-refractivity contribution in [1.82, 2.24) is 25.0 Å². The molecule has 1 N–H and O–H groups in total. The molecule has 0 bridgehead atoms. The fraction of sp³-hybridized carbons (Fsp3) is 0.700. The molecular formula is C20H33N5O. The van der Waals surface area contributed by atoms with Gasteiger partial charge >= 0.3 is 6.03 Å². The minimum absolute atomic E-state index is 0.0860. The number of urea groups is 1. The quantitative estimate of drug-likeness (QED) is 0.846. The second-order valence-corrected chi connectivity index (χ2v) is 7.65. The second-order valence-electron chi connectivity index (χ2n) is 7.65. The third kappa shape index (κ3) is 5.68. The molecule has 1 saturated heterocycles. The summed E-state index contributed by atoms with van der Waals surface area (Å²) in [6.07, 6.45) is 9.61. The predicted octanol–water partition coefficient (Wildman–Crippen LogP) is 2.17. The number of aromatic nitrogens is 1. The summed E-state index contributed by atoms with van der Waals surface area (Å²) in [4.78, 5) is 23.9. The molecule has 6 heteroatoms. The van der Waals surface area contributed by atoms with Gasteiger partial charge in [0.2, 0.25) is 0 Å². The van der Waals surface area contributed by atoms with Crippen LogP contribution in [0.2, 0.25) is 0 Å². The van der Waals surface area contributed by atoms with Crippen molar-refractivity contribution >= 4 is 6.03 Å². The van der Waals surface area contributed by atoms with E-state index in [2.05, 4.69) is 32.0 Å². The molecule has 1 saturated carbocycles. The van der Waals surface area contributed by atoms with Crippen LogP contribution in [0.5, 0.6) is 0 Å². The summed E-state index contributed by atoms with van der Waals surface area (Å²) in [6, 6.07) is 4.46. The molecule has 2 heterocycles. The number of nitrogens with one attached hydrogen (secondary N) is 1. The Morgan fingerprint density at radius 2 is 1.85 bits per heavy atom. The zero-order valence-electron chi connectivity index (χ0n) is 16.1. The lowest BCUT2D eigenvalue weighted by atomic mass is 9.94. The van der Waals surface area contributed by atoms with Gasteiger partial charge < -0.3 is 15.1 Å². The number of rotatable bonds is 6. The standard InChI is InChI=1S/C20H33N5O/c1-23-13-15-24(16-14-23)12-11-22-20(26)25(19-5-3-2-4-6-19)17-18-7-9-21-10-8-18/h7-10,19H,2-6,11-17H2,1H3,(H,22,26). The molecule has 144 valence electrons. The van der Waals surface area contributed by atoms with Gasteiger partial charge in [-0.05, 0) is 37.6 Å². The van der Waals surface area contributed by atoms with Gasteiger partial charge in [0.1, 0.15) is 0 Å². The lowest BCUT2D eigenvalue weighted by molar-refractivity contribution is 0.141. The van der Waals surface area contributed by atoms with Crippen molar-refractivity contribution in [1.29, 1.82) is 0 Å². The molecule has 1 aromatic heterocycles.